The maximum absolute atomic E-state index is 12.8. The second kappa shape index (κ2) is 12.9. The van der Waals surface area contributed by atoms with Gasteiger partial charge in [-0.3, -0.25) is 24.0 Å². The van der Waals surface area contributed by atoms with Crippen LogP contribution in [-0.2, 0) is 35.2 Å². The van der Waals surface area contributed by atoms with E-state index in [4.69, 9.17) is 16.6 Å². The van der Waals surface area contributed by atoms with Crippen molar-refractivity contribution in [1.29, 1.82) is 0 Å². The van der Waals surface area contributed by atoms with Crippen LogP contribution in [0.5, 0.6) is 0 Å². The Bertz CT molecular complexity index is 902. The van der Waals surface area contributed by atoms with Gasteiger partial charge in [-0.25, -0.2) is 9.78 Å². The Labute approximate surface area is 194 Å². The van der Waals surface area contributed by atoms with Crippen LogP contribution in [0, 0.1) is 5.92 Å². The van der Waals surface area contributed by atoms with E-state index in [0.717, 1.165) is 0 Å². The minimum atomic E-state index is -1.65. The number of carboxylic acid groups (broad SMARTS) is 2. The second-order valence-electron chi connectivity index (χ2n) is 7.85. The monoisotopic (exact) mass is 483 g/mol. The minimum absolute atomic E-state index is 0.169. The maximum atomic E-state index is 12.8. The van der Waals surface area contributed by atoms with E-state index in [9.17, 15) is 33.9 Å². The molecule has 0 saturated carbocycles. The van der Waals surface area contributed by atoms with Crippen LogP contribution in [0.1, 0.15) is 32.4 Å². The Kier molecular flexibility index (Phi) is 10.6. The van der Waals surface area contributed by atoms with Crippen LogP contribution >= 0.6 is 0 Å². The fourth-order valence-electron chi connectivity index (χ4n) is 2.84. The van der Waals surface area contributed by atoms with Crippen molar-refractivity contribution in [3.8, 4) is 0 Å². The average molecular weight is 483 g/mol. The van der Waals surface area contributed by atoms with Gasteiger partial charge < -0.3 is 42.6 Å². The van der Waals surface area contributed by atoms with Gasteiger partial charge in [0.1, 0.15) is 18.1 Å². The molecule has 0 fully saturated rings. The van der Waals surface area contributed by atoms with Crippen LogP contribution in [0.2, 0.25) is 0 Å². The van der Waals surface area contributed by atoms with Gasteiger partial charge in [-0.05, 0) is 5.92 Å². The number of hydrogen-bond acceptors (Lipinski definition) is 8. The zero-order valence-electron chi connectivity index (χ0n) is 18.6. The molecule has 34 heavy (non-hydrogen) atoms. The van der Waals surface area contributed by atoms with Crippen LogP contribution in [0.4, 0.5) is 0 Å². The molecule has 0 radical (unpaired) electrons. The predicted octanol–water partition coefficient (Wildman–Crippen LogP) is -3.18. The smallest absolute Gasteiger partial charge is 0.326 e. The summed E-state index contributed by atoms with van der Waals surface area (Å²) in [5, 5.41) is 25.3. The molecule has 0 aliphatic rings. The number of aromatic nitrogens is 2. The van der Waals surface area contributed by atoms with E-state index in [-0.39, 0.29) is 6.42 Å². The summed E-state index contributed by atoms with van der Waals surface area (Å²) in [4.78, 5) is 77.8. The molecule has 1 aromatic heterocycles. The third-order valence-corrected chi connectivity index (χ3v) is 4.61. The van der Waals surface area contributed by atoms with E-state index in [1.807, 2.05) is 0 Å². The summed E-state index contributed by atoms with van der Waals surface area (Å²) in [6, 6.07) is -5.64. The number of primary amides is 1. The summed E-state index contributed by atoms with van der Waals surface area (Å²) in [6.07, 6.45) is 1.19. The lowest BCUT2D eigenvalue weighted by Gasteiger charge is -2.26. The summed E-state index contributed by atoms with van der Waals surface area (Å²) in [5.74, 6) is -6.98. The normalized spacial score (nSPS) is 14.4. The number of nitrogens with one attached hydrogen (secondary N) is 4. The van der Waals surface area contributed by atoms with Gasteiger partial charge in [0.15, 0.2) is 0 Å². The summed E-state index contributed by atoms with van der Waals surface area (Å²) >= 11 is 0. The van der Waals surface area contributed by atoms with E-state index < -0.39 is 78.5 Å². The van der Waals surface area contributed by atoms with Crippen molar-refractivity contribution in [2.45, 2.75) is 57.3 Å². The molecule has 15 nitrogen and oxygen atoms in total. The first-order valence-electron chi connectivity index (χ1n) is 10.2. The highest BCUT2D eigenvalue weighted by molar-refractivity contribution is 5.96. The van der Waals surface area contributed by atoms with Crippen molar-refractivity contribution in [3.63, 3.8) is 0 Å². The third kappa shape index (κ3) is 9.23. The first-order chi connectivity index (χ1) is 15.8. The maximum Gasteiger partial charge on any atom is 0.326 e. The van der Waals surface area contributed by atoms with Gasteiger partial charge in [-0.1, -0.05) is 13.8 Å². The molecular formula is C19H29N7O8. The van der Waals surface area contributed by atoms with Crippen LogP contribution in [0.3, 0.4) is 0 Å². The van der Waals surface area contributed by atoms with Crippen molar-refractivity contribution in [1.82, 2.24) is 25.9 Å². The Balaban J connectivity index is 2.96. The Hall–Kier alpha value is -4.01. The van der Waals surface area contributed by atoms with E-state index in [0.29, 0.717) is 5.69 Å². The van der Waals surface area contributed by atoms with Gasteiger partial charge in [0.2, 0.25) is 23.6 Å². The quantitative estimate of drug-likeness (QED) is 0.131. The number of hydrogen-bond donors (Lipinski definition) is 8. The van der Waals surface area contributed by atoms with Gasteiger partial charge in [0, 0.05) is 18.3 Å². The van der Waals surface area contributed by atoms with Gasteiger partial charge in [-0.2, -0.15) is 0 Å². The van der Waals surface area contributed by atoms with Crippen LogP contribution in [0.15, 0.2) is 12.5 Å². The number of rotatable bonds is 14. The number of carbonyl (C=O) groups is 6. The molecule has 1 rings (SSSR count). The SMILES string of the molecule is CC(C)C(NC(=O)C(N)CC(N)=O)C(=O)NC(CC(=O)O)C(=O)NC(Cc1cnc[nH]1)C(=O)O. The van der Waals surface area contributed by atoms with E-state index in [1.54, 1.807) is 13.8 Å². The molecule has 0 aromatic carbocycles. The number of carboxylic acids is 2. The van der Waals surface area contributed by atoms with Gasteiger partial charge in [-0.15, -0.1) is 0 Å². The molecule has 15 heteroatoms. The second-order valence-corrected chi connectivity index (χ2v) is 7.85. The summed E-state index contributed by atoms with van der Waals surface area (Å²) in [6.45, 7) is 3.14. The summed E-state index contributed by atoms with van der Waals surface area (Å²) in [7, 11) is 0. The highest BCUT2D eigenvalue weighted by Gasteiger charge is 2.33. The Morgan fingerprint density at radius 3 is 2.06 bits per heavy atom. The average Bonchev–Trinajstić information content (AvgIpc) is 3.22. The van der Waals surface area contributed by atoms with Crippen molar-refractivity contribution in [2.24, 2.45) is 17.4 Å². The first-order valence-corrected chi connectivity index (χ1v) is 10.2. The number of carbonyl (C=O) groups excluding carboxylic acids is 4. The van der Waals surface area contributed by atoms with Crippen LogP contribution in [-0.4, -0.2) is 79.9 Å². The number of H-pyrrole nitrogens is 1. The number of imidazole rings is 1. The molecule has 1 heterocycles. The lowest BCUT2D eigenvalue weighted by Crippen LogP contribution is -2.59. The van der Waals surface area contributed by atoms with Crippen LogP contribution in [0.25, 0.3) is 0 Å². The van der Waals surface area contributed by atoms with Gasteiger partial charge in [0.25, 0.3) is 0 Å². The van der Waals surface area contributed by atoms with Gasteiger partial charge >= 0.3 is 11.9 Å². The Morgan fingerprint density at radius 1 is 0.971 bits per heavy atom. The van der Waals surface area contributed by atoms with Crippen molar-refractivity contribution in [2.75, 3.05) is 0 Å². The minimum Gasteiger partial charge on any atom is -0.481 e. The predicted molar refractivity (Wildman–Crippen MR) is 115 cm³/mol. The molecule has 0 aliphatic heterocycles. The molecule has 188 valence electrons. The third-order valence-electron chi connectivity index (χ3n) is 4.61. The van der Waals surface area contributed by atoms with Gasteiger partial charge in [0.05, 0.1) is 25.2 Å². The lowest BCUT2D eigenvalue weighted by molar-refractivity contribution is -0.143. The standard InChI is InChI=1S/C19H29N7O8/c1-8(2)15(26-16(30)10(20)4-13(21)27)18(32)24-11(5-14(28)29)17(31)25-12(19(33)34)3-9-6-22-7-23-9/h6-8,10-12,15H,3-5,20H2,1-2H3,(H2,21,27)(H,22,23)(H,24,32)(H,25,31)(H,26,30)(H,28,29)(H,33,34). The number of nitrogens with two attached hydrogens (primary N) is 2. The Morgan fingerprint density at radius 2 is 1.59 bits per heavy atom. The summed E-state index contributed by atoms with van der Waals surface area (Å²) < 4.78 is 0. The molecule has 10 N–H and O–H groups in total. The molecule has 1 aromatic rings. The highest BCUT2D eigenvalue weighted by Crippen LogP contribution is 2.06. The van der Waals surface area contributed by atoms with Crippen molar-refractivity contribution < 1.29 is 39.0 Å². The number of nitrogens with zero attached hydrogens (tertiary/aromatic N) is 1. The molecule has 4 unspecified atom stereocenters. The molecule has 0 aliphatic carbocycles. The highest BCUT2D eigenvalue weighted by atomic mass is 16.4. The van der Waals surface area contributed by atoms with Crippen molar-refractivity contribution in [3.05, 3.63) is 18.2 Å². The fraction of sp³-hybridized carbons (Fsp3) is 0.526. The molecule has 0 spiro atoms. The molecule has 0 bridgehead atoms. The zero-order valence-corrected chi connectivity index (χ0v) is 18.6. The van der Waals surface area contributed by atoms with E-state index >= 15 is 0 Å². The first kappa shape index (κ1) is 28.0. The molecular weight excluding hydrogens is 454 g/mol. The number of amides is 4. The van der Waals surface area contributed by atoms with E-state index in [1.165, 1.54) is 12.5 Å². The lowest BCUT2D eigenvalue weighted by atomic mass is 10.0. The molecule has 4 amide bonds. The largest absolute Gasteiger partial charge is 0.481 e. The van der Waals surface area contributed by atoms with Crippen LogP contribution < -0.4 is 27.4 Å². The zero-order chi connectivity index (χ0) is 26.0. The number of aromatic amines is 1. The van der Waals surface area contributed by atoms with Crippen molar-refractivity contribution >= 4 is 35.6 Å². The molecule has 4 atom stereocenters. The summed E-state index contributed by atoms with van der Waals surface area (Å²) in [5.41, 5.74) is 11.0. The number of aliphatic carboxylic acids is 2. The van der Waals surface area contributed by atoms with E-state index in [2.05, 4.69) is 25.9 Å². The topological polar surface area (TPSA) is 260 Å². The fourth-order valence-corrected chi connectivity index (χ4v) is 2.84. The molecule has 0 saturated heterocycles.